The maximum atomic E-state index is 11.1. The molecule has 0 fully saturated rings. The monoisotopic (exact) mass is 216 g/mol. The average molecular weight is 216 g/mol. The normalized spacial score (nSPS) is 14.9. The van der Waals surface area contributed by atoms with Gasteiger partial charge in [-0.25, -0.2) is 0 Å². The lowest BCUT2D eigenvalue weighted by molar-refractivity contribution is -0.148. The molecule has 3 heteroatoms. The van der Waals surface area contributed by atoms with E-state index < -0.39 is 11.4 Å². The van der Waals surface area contributed by atoms with Gasteiger partial charge in [0.05, 0.1) is 5.41 Å². The molecule has 0 amide bonds. The number of carboxylic acids is 1. The minimum absolute atomic E-state index is 0.241. The van der Waals surface area contributed by atoms with Gasteiger partial charge in [-0.3, -0.25) is 4.79 Å². The number of aliphatic hydroxyl groups is 1. The summed E-state index contributed by atoms with van der Waals surface area (Å²) in [6.07, 6.45) is 6.22. The van der Waals surface area contributed by atoms with Crippen molar-refractivity contribution in [2.45, 2.75) is 58.8 Å². The van der Waals surface area contributed by atoms with Crippen LogP contribution in [0.15, 0.2) is 0 Å². The summed E-state index contributed by atoms with van der Waals surface area (Å²) in [5.74, 6) is -0.675. The van der Waals surface area contributed by atoms with Crippen LogP contribution in [0.25, 0.3) is 0 Å². The average Bonchev–Trinajstić information content (AvgIpc) is 2.18. The molecule has 0 aliphatic rings. The lowest BCUT2D eigenvalue weighted by atomic mass is 9.80. The van der Waals surface area contributed by atoms with Crippen LogP contribution >= 0.6 is 0 Å². The van der Waals surface area contributed by atoms with E-state index in [2.05, 4.69) is 0 Å². The minimum atomic E-state index is -0.675. The van der Waals surface area contributed by atoms with Gasteiger partial charge in [-0.1, -0.05) is 32.6 Å². The zero-order valence-corrected chi connectivity index (χ0v) is 9.96. The number of unbranched alkanes of at least 4 members (excludes halogenated alkanes) is 3. The molecule has 1 unspecified atom stereocenters. The first-order valence-electron chi connectivity index (χ1n) is 5.91. The van der Waals surface area contributed by atoms with Crippen LogP contribution in [0.5, 0.6) is 0 Å². The van der Waals surface area contributed by atoms with Crippen LogP contribution in [0.1, 0.15) is 58.8 Å². The van der Waals surface area contributed by atoms with Crippen LogP contribution in [0, 0.1) is 5.41 Å². The summed E-state index contributed by atoms with van der Waals surface area (Å²) in [5, 5.41) is 17.7. The molecular formula is C12H24O3. The predicted octanol–water partition coefficient (Wildman–Crippen LogP) is 2.82. The van der Waals surface area contributed by atoms with Gasteiger partial charge in [-0.2, -0.15) is 0 Å². The lowest BCUT2D eigenvalue weighted by Gasteiger charge is -2.23. The van der Waals surface area contributed by atoms with Gasteiger partial charge >= 0.3 is 5.97 Å². The molecule has 0 spiro atoms. The molecule has 0 rings (SSSR count). The number of aliphatic hydroxyl groups excluding tert-OH is 1. The molecular weight excluding hydrogens is 192 g/mol. The minimum Gasteiger partial charge on any atom is -0.481 e. The molecule has 0 aliphatic heterocycles. The molecule has 15 heavy (non-hydrogen) atoms. The summed E-state index contributed by atoms with van der Waals surface area (Å²) in [7, 11) is 0. The van der Waals surface area contributed by atoms with E-state index in [1.807, 2.05) is 13.8 Å². The Bertz CT molecular complexity index is 180. The highest BCUT2D eigenvalue weighted by atomic mass is 16.4. The molecule has 0 aromatic heterocycles. The fourth-order valence-corrected chi connectivity index (χ4v) is 1.87. The SMILES string of the molecule is CCCC(C)(CCCCCCO)C(=O)O. The fourth-order valence-electron chi connectivity index (χ4n) is 1.87. The van der Waals surface area contributed by atoms with Gasteiger partial charge in [0.2, 0.25) is 0 Å². The Labute approximate surface area is 92.5 Å². The lowest BCUT2D eigenvalue weighted by Crippen LogP contribution is -2.27. The first-order valence-corrected chi connectivity index (χ1v) is 5.91. The number of carboxylic acid groups (broad SMARTS) is 1. The van der Waals surface area contributed by atoms with E-state index in [1.165, 1.54) is 0 Å². The van der Waals surface area contributed by atoms with E-state index in [0.29, 0.717) is 0 Å². The molecule has 0 bridgehead atoms. The molecule has 3 nitrogen and oxygen atoms in total. The maximum absolute atomic E-state index is 11.1. The Balaban J connectivity index is 3.81. The zero-order chi connectivity index (χ0) is 11.7. The van der Waals surface area contributed by atoms with Crippen LogP contribution in [-0.4, -0.2) is 22.8 Å². The first kappa shape index (κ1) is 14.4. The topological polar surface area (TPSA) is 57.5 Å². The second-order valence-corrected chi connectivity index (χ2v) is 4.50. The molecule has 0 aliphatic carbocycles. The molecule has 0 aromatic carbocycles. The highest BCUT2D eigenvalue weighted by molar-refractivity contribution is 5.73. The number of rotatable bonds is 9. The summed E-state index contributed by atoms with van der Waals surface area (Å²) in [6.45, 7) is 4.10. The molecule has 0 heterocycles. The van der Waals surface area contributed by atoms with Crippen LogP contribution in [0.2, 0.25) is 0 Å². The van der Waals surface area contributed by atoms with E-state index in [4.69, 9.17) is 10.2 Å². The Hall–Kier alpha value is -0.570. The molecule has 0 saturated heterocycles. The summed E-state index contributed by atoms with van der Waals surface area (Å²) in [4.78, 5) is 11.1. The fraction of sp³-hybridized carbons (Fsp3) is 0.917. The zero-order valence-electron chi connectivity index (χ0n) is 9.96. The maximum Gasteiger partial charge on any atom is 0.309 e. The van der Waals surface area contributed by atoms with Crippen LogP contribution < -0.4 is 0 Å². The largest absolute Gasteiger partial charge is 0.481 e. The van der Waals surface area contributed by atoms with Gasteiger partial charge in [0.25, 0.3) is 0 Å². The third kappa shape index (κ3) is 5.78. The van der Waals surface area contributed by atoms with Crippen LogP contribution in [-0.2, 0) is 4.79 Å². The number of hydrogen-bond acceptors (Lipinski definition) is 2. The van der Waals surface area contributed by atoms with Gasteiger partial charge < -0.3 is 10.2 Å². The second kappa shape index (κ2) is 7.69. The Morgan fingerprint density at radius 1 is 1.13 bits per heavy atom. The van der Waals surface area contributed by atoms with E-state index in [1.54, 1.807) is 0 Å². The van der Waals surface area contributed by atoms with Crippen LogP contribution in [0.4, 0.5) is 0 Å². The van der Waals surface area contributed by atoms with Crippen molar-refractivity contribution >= 4 is 5.97 Å². The smallest absolute Gasteiger partial charge is 0.309 e. The number of hydrogen-bond donors (Lipinski definition) is 2. The van der Waals surface area contributed by atoms with Crippen molar-refractivity contribution in [2.75, 3.05) is 6.61 Å². The van der Waals surface area contributed by atoms with Crippen molar-refractivity contribution in [3.8, 4) is 0 Å². The summed E-state index contributed by atoms with van der Waals surface area (Å²) >= 11 is 0. The van der Waals surface area contributed by atoms with E-state index in [9.17, 15) is 4.79 Å². The Kier molecular flexibility index (Phi) is 7.39. The van der Waals surface area contributed by atoms with E-state index >= 15 is 0 Å². The van der Waals surface area contributed by atoms with Gasteiger partial charge in [0.1, 0.15) is 0 Å². The van der Waals surface area contributed by atoms with Crippen molar-refractivity contribution in [1.29, 1.82) is 0 Å². The first-order chi connectivity index (χ1) is 7.06. The molecule has 1 atom stereocenters. The van der Waals surface area contributed by atoms with Crippen LogP contribution in [0.3, 0.4) is 0 Å². The highest BCUT2D eigenvalue weighted by Crippen LogP contribution is 2.30. The summed E-state index contributed by atoms with van der Waals surface area (Å²) < 4.78 is 0. The third-order valence-electron chi connectivity index (χ3n) is 2.95. The quantitative estimate of drug-likeness (QED) is 0.583. The van der Waals surface area contributed by atoms with Gasteiger partial charge in [-0.05, 0) is 26.2 Å². The number of aliphatic carboxylic acids is 1. The molecule has 0 aromatic rings. The van der Waals surface area contributed by atoms with Crippen molar-refractivity contribution in [2.24, 2.45) is 5.41 Å². The van der Waals surface area contributed by atoms with Crippen molar-refractivity contribution in [3.05, 3.63) is 0 Å². The second-order valence-electron chi connectivity index (χ2n) is 4.50. The van der Waals surface area contributed by atoms with Gasteiger partial charge in [-0.15, -0.1) is 0 Å². The summed E-state index contributed by atoms with van der Waals surface area (Å²) in [6, 6.07) is 0. The molecule has 0 saturated carbocycles. The standard InChI is InChI=1S/C12H24O3/c1-3-8-12(2,11(14)15)9-6-4-5-7-10-13/h13H,3-10H2,1-2H3,(H,14,15). The Morgan fingerprint density at radius 3 is 2.20 bits per heavy atom. The van der Waals surface area contributed by atoms with Crippen molar-refractivity contribution < 1.29 is 15.0 Å². The van der Waals surface area contributed by atoms with Gasteiger partial charge in [0.15, 0.2) is 0 Å². The van der Waals surface area contributed by atoms with Gasteiger partial charge in [0, 0.05) is 6.61 Å². The van der Waals surface area contributed by atoms with Crippen molar-refractivity contribution in [1.82, 2.24) is 0 Å². The molecule has 2 N–H and O–H groups in total. The van der Waals surface area contributed by atoms with E-state index in [-0.39, 0.29) is 6.61 Å². The van der Waals surface area contributed by atoms with E-state index in [0.717, 1.165) is 44.9 Å². The Morgan fingerprint density at radius 2 is 1.73 bits per heavy atom. The summed E-state index contributed by atoms with van der Waals surface area (Å²) in [5.41, 5.74) is -0.548. The van der Waals surface area contributed by atoms with Crippen molar-refractivity contribution in [3.63, 3.8) is 0 Å². The molecule has 90 valence electrons. The highest BCUT2D eigenvalue weighted by Gasteiger charge is 2.30. The predicted molar refractivity (Wildman–Crippen MR) is 60.8 cm³/mol. The number of carbonyl (C=O) groups is 1. The molecule has 0 radical (unpaired) electrons. The third-order valence-corrected chi connectivity index (χ3v) is 2.95.